The maximum Gasteiger partial charge on any atom is 0.254 e. The first-order chi connectivity index (χ1) is 14.7. The van der Waals surface area contributed by atoms with E-state index in [4.69, 9.17) is 0 Å². The van der Waals surface area contributed by atoms with Gasteiger partial charge in [0.1, 0.15) is 0 Å². The van der Waals surface area contributed by atoms with Crippen molar-refractivity contribution in [3.05, 3.63) is 35.4 Å². The van der Waals surface area contributed by atoms with Crippen molar-refractivity contribution in [3.63, 3.8) is 0 Å². The summed E-state index contributed by atoms with van der Waals surface area (Å²) < 4.78 is 0. The molecule has 1 aromatic rings. The van der Waals surface area contributed by atoms with E-state index in [-0.39, 0.29) is 37.1 Å². The molecule has 0 heterocycles. The van der Waals surface area contributed by atoms with Crippen molar-refractivity contribution >= 4 is 11.8 Å². The molecule has 0 spiro atoms. The van der Waals surface area contributed by atoms with Gasteiger partial charge in [-0.25, -0.2) is 0 Å². The van der Waals surface area contributed by atoms with Crippen molar-refractivity contribution < 1.29 is 19.8 Å². The number of aliphatic hydroxyl groups excluding tert-OH is 2. The number of hydrogen-bond donors (Lipinski definition) is 2. The summed E-state index contributed by atoms with van der Waals surface area (Å²) in [5.41, 5.74) is 1.11. The van der Waals surface area contributed by atoms with Crippen LogP contribution in [0.3, 0.4) is 0 Å². The molecule has 3 rings (SSSR count). The summed E-state index contributed by atoms with van der Waals surface area (Å²) in [7, 11) is 0. The molecule has 166 valence electrons. The smallest absolute Gasteiger partial charge is 0.254 e. The number of amides is 2. The van der Waals surface area contributed by atoms with Crippen molar-refractivity contribution in [2.45, 2.75) is 76.3 Å². The fraction of sp³-hybridized carbons (Fsp3) is 0.667. The van der Waals surface area contributed by atoms with Gasteiger partial charge in [0.2, 0.25) is 0 Å². The third-order valence-electron chi connectivity index (χ3n) is 6.61. The van der Waals surface area contributed by atoms with E-state index in [2.05, 4.69) is 0 Å². The van der Waals surface area contributed by atoms with Gasteiger partial charge in [-0.3, -0.25) is 9.59 Å². The predicted octanol–water partition coefficient (Wildman–Crippen LogP) is 3.22. The van der Waals surface area contributed by atoms with Gasteiger partial charge in [-0.1, -0.05) is 38.5 Å². The lowest BCUT2D eigenvalue weighted by Gasteiger charge is -2.34. The van der Waals surface area contributed by atoms with Crippen molar-refractivity contribution in [2.24, 2.45) is 0 Å². The van der Waals surface area contributed by atoms with Crippen LogP contribution in [0.15, 0.2) is 24.3 Å². The Morgan fingerprint density at radius 3 is 1.30 bits per heavy atom. The molecule has 0 saturated heterocycles. The molecule has 2 fully saturated rings. The van der Waals surface area contributed by atoms with Crippen LogP contribution in [0.1, 0.15) is 84.9 Å². The summed E-state index contributed by atoms with van der Waals surface area (Å²) in [5, 5.41) is 18.9. The molecular weight excluding hydrogens is 380 g/mol. The van der Waals surface area contributed by atoms with Crippen LogP contribution in [0.2, 0.25) is 0 Å². The van der Waals surface area contributed by atoms with E-state index in [0.29, 0.717) is 24.2 Å². The normalized spacial score (nSPS) is 18.2. The monoisotopic (exact) mass is 416 g/mol. The zero-order valence-electron chi connectivity index (χ0n) is 18.0. The van der Waals surface area contributed by atoms with Gasteiger partial charge in [-0.05, 0) is 49.9 Å². The number of aliphatic hydroxyl groups is 2. The SMILES string of the molecule is O=C(c1ccc(C(=O)N(CCO)C2CCCCC2)cc1)N(CCO)C1CCCCC1. The maximum absolute atomic E-state index is 13.1. The average Bonchev–Trinajstić information content (AvgIpc) is 2.81. The lowest BCUT2D eigenvalue weighted by Crippen LogP contribution is -2.43. The first-order valence-corrected chi connectivity index (χ1v) is 11.6. The van der Waals surface area contributed by atoms with Crippen molar-refractivity contribution in [1.29, 1.82) is 0 Å². The highest BCUT2D eigenvalue weighted by molar-refractivity contribution is 5.98. The molecule has 0 aliphatic heterocycles. The lowest BCUT2D eigenvalue weighted by molar-refractivity contribution is 0.0575. The predicted molar refractivity (Wildman–Crippen MR) is 116 cm³/mol. The maximum atomic E-state index is 13.1. The molecule has 2 saturated carbocycles. The molecule has 2 aliphatic carbocycles. The second kappa shape index (κ2) is 11.5. The highest BCUT2D eigenvalue weighted by atomic mass is 16.3. The van der Waals surface area contributed by atoms with Crippen LogP contribution >= 0.6 is 0 Å². The Hall–Kier alpha value is -1.92. The van der Waals surface area contributed by atoms with Crippen LogP contribution in [-0.2, 0) is 0 Å². The summed E-state index contributed by atoms with van der Waals surface area (Å²) in [5.74, 6) is -0.149. The second-order valence-electron chi connectivity index (χ2n) is 8.61. The fourth-order valence-corrected chi connectivity index (χ4v) is 4.99. The third-order valence-corrected chi connectivity index (χ3v) is 6.61. The van der Waals surface area contributed by atoms with E-state index < -0.39 is 0 Å². The second-order valence-corrected chi connectivity index (χ2v) is 8.61. The van der Waals surface area contributed by atoms with E-state index >= 15 is 0 Å². The number of carbonyl (C=O) groups is 2. The van der Waals surface area contributed by atoms with E-state index in [1.54, 1.807) is 34.1 Å². The Morgan fingerprint density at radius 1 is 0.667 bits per heavy atom. The zero-order valence-corrected chi connectivity index (χ0v) is 18.0. The van der Waals surface area contributed by atoms with Gasteiger partial charge >= 0.3 is 0 Å². The van der Waals surface area contributed by atoms with E-state index in [1.807, 2.05) is 0 Å². The van der Waals surface area contributed by atoms with Crippen LogP contribution in [0.4, 0.5) is 0 Å². The minimum atomic E-state index is -0.0746. The molecule has 0 bridgehead atoms. The number of nitrogens with zero attached hydrogens (tertiary/aromatic N) is 2. The summed E-state index contributed by atoms with van der Waals surface area (Å²) in [6.45, 7) is 0.596. The van der Waals surface area contributed by atoms with Gasteiger partial charge in [0.05, 0.1) is 13.2 Å². The quantitative estimate of drug-likeness (QED) is 0.682. The Labute approximate surface area is 179 Å². The third kappa shape index (κ3) is 5.61. The first-order valence-electron chi connectivity index (χ1n) is 11.6. The molecule has 1 aromatic carbocycles. The number of rotatable bonds is 8. The number of benzene rings is 1. The lowest BCUT2D eigenvalue weighted by atomic mass is 9.93. The van der Waals surface area contributed by atoms with E-state index in [9.17, 15) is 19.8 Å². The van der Waals surface area contributed by atoms with Gasteiger partial charge in [0.25, 0.3) is 11.8 Å². The van der Waals surface area contributed by atoms with E-state index in [0.717, 1.165) is 51.4 Å². The van der Waals surface area contributed by atoms with Gasteiger partial charge in [0.15, 0.2) is 0 Å². The van der Waals surface area contributed by atoms with Crippen LogP contribution in [-0.4, -0.2) is 70.2 Å². The van der Waals surface area contributed by atoms with Crippen LogP contribution in [0.25, 0.3) is 0 Å². The van der Waals surface area contributed by atoms with Crippen molar-refractivity contribution in [1.82, 2.24) is 9.80 Å². The van der Waals surface area contributed by atoms with E-state index in [1.165, 1.54) is 12.8 Å². The number of carbonyl (C=O) groups excluding carboxylic acids is 2. The Bertz CT molecular complexity index is 620. The van der Waals surface area contributed by atoms with Crippen molar-refractivity contribution in [2.75, 3.05) is 26.3 Å². The molecular formula is C24H36N2O4. The fourth-order valence-electron chi connectivity index (χ4n) is 4.99. The standard InChI is InChI=1S/C24H36N2O4/c27-17-15-25(21-7-3-1-4-8-21)23(29)19-11-13-20(14-12-19)24(30)26(16-18-28)22-9-5-2-6-10-22/h11-14,21-22,27-28H,1-10,15-18H2. The largest absolute Gasteiger partial charge is 0.395 e. The Balaban J connectivity index is 1.71. The Morgan fingerprint density at radius 2 is 1.00 bits per heavy atom. The summed E-state index contributed by atoms with van der Waals surface area (Å²) in [6.07, 6.45) is 10.8. The molecule has 0 radical (unpaired) electrons. The molecule has 30 heavy (non-hydrogen) atoms. The molecule has 0 aromatic heterocycles. The zero-order chi connectivity index (χ0) is 21.3. The van der Waals surface area contributed by atoms with Crippen LogP contribution in [0.5, 0.6) is 0 Å². The van der Waals surface area contributed by atoms with Crippen molar-refractivity contribution in [3.8, 4) is 0 Å². The molecule has 6 nitrogen and oxygen atoms in total. The average molecular weight is 417 g/mol. The Kier molecular flexibility index (Phi) is 8.70. The summed E-state index contributed by atoms with van der Waals surface area (Å²) in [6, 6.07) is 7.26. The summed E-state index contributed by atoms with van der Waals surface area (Å²) in [4.78, 5) is 29.8. The molecule has 6 heteroatoms. The number of hydrogen-bond acceptors (Lipinski definition) is 4. The molecule has 2 amide bonds. The minimum absolute atomic E-state index is 0.0453. The molecule has 0 atom stereocenters. The highest BCUT2D eigenvalue weighted by Gasteiger charge is 2.28. The van der Waals surface area contributed by atoms with Gasteiger partial charge < -0.3 is 20.0 Å². The van der Waals surface area contributed by atoms with Gasteiger partial charge in [-0.15, -0.1) is 0 Å². The highest BCUT2D eigenvalue weighted by Crippen LogP contribution is 2.26. The minimum Gasteiger partial charge on any atom is -0.395 e. The van der Waals surface area contributed by atoms with Crippen LogP contribution < -0.4 is 0 Å². The topological polar surface area (TPSA) is 81.1 Å². The molecule has 2 aliphatic rings. The van der Waals surface area contributed by atoms with Gasteiger partial charge in [-0.2, -0.15) is 0 Å². The molecule has 0 unspecified atom stereocenters. The van der Waals surface area contributed by atoms with Crippen LogP contribution in [0, 0.1) is 0 Å². The molecule has 2 N–H and O–H groups in total. The van der Waals surface area contributed by atoms with Gasteiger partial charge in [0, 0.05) is 36.3 Å². The first kappa shape index (κ1) is 22.8. The summed E-state index contributed by atoms with van der Waals surface area (Å²) >= 11 is 0.